The molecule has 1 aromatic carbocycles. The van der Waals surface area contributed by atoms with Gasteiger partial charge in [-0.2, -0.15) is 0 Å². The van der Waals surface area contributed by atoms with Crippen LogP contribution in [0.5, 0.6) is 5.75 Å². The van der Waals surface area contributed by atoms with Crippen LogP contribution in [0.2, 0.25) is 0 Å². The molecular formula is C22H25N3O4. The second-order valence-electron chi connectivity index (χ2n) is 6.52. The van der Waals surface area contributed by atoms with Gasteiger partial charge in [-0.1, -0.05) is 18.2 Å². The number of pyridine rings is 1. The zero-order valence-corrected chi connectivity index (χ0v) is 16.5. The molecule has 2 amide bonds. The quantitative estimate of drug-likeness (QED) is 0.703. The van der Waals surface area contributed by atoms with E-state index >= 15 is 0 Å². The van der Waals surface area contributed by atoms with E-state index in [1.807, 2.05) is 42.5 Å². The molecule has 1 aliphatic heterocycles. The summed E-state index contributed by atoms with van der Waals surface area (Å²) in [5.41, 5.74) is 1.78. The van der Waals surface area contributed by atoms with E-state index in [1.165, 1.54) is 0 Å². The molecule has 0 saturated carbocycles. The lowest BCUT2D eigenvalue weighted by molar-refractivity contribution is -0.127. The minimum Gasteiger partial charge on any atom is -0.487 e. The van der Waals surface area contributed by atoms with Gasteiger partial charge < -0.3 is 19.3 Å². The van der Waals surface area contributed by atoms with Crippen LogP contribution in [0.3, 0.4) is 0 Å². The first-order valence-corrected chi connectivity index (χ1v) is 9.67. The predicted octanol–water partition coefficient (Wildman–Crippen LogP) is 2.97. The molecule has 3 rings (SSSR count). The SMILES string of the molecule is CCOC(=O)N1CCN(C(=O)/C=C/c2ccc(OCc3ccccn3)cc2)CC1. The summed E-state index contributed by atoms with van der Waals surface area (Å²) < 4.78 is 10.7. The topological polar surface area (TPSA) is 72.0 Å². The maximum atomic E-state index is 12.4. The Hall–Kier alpha value is -3.35. The standard InChI is InChI=1S/C22H25N3O4/c1-2-28-22(27)25-15-13-24(14-16-25)21(26)11-8-18-6-9-20(10-7-18)29-17-19-5-3-4-12-23-19/h3-12H,2,13-17H2,1H3/b11-8+. The summed E-state index contributed by atoms with van der Waals surface area (Å²) in [6.07, 6.45) is 4.76. The first kappa shape index (κ1) is 20.4. The Kier molecular flexibility index (Phi) is 7.22. The van der Waals surface area contributed by atoms with Crippen molar-refractivity contribution in [2.75, 3.05) is 32.8 Å². The number of rotatable bonds is 6. The number of carbonyl (C=O) groups is 2. The van der Waals surface area contributed by atoms with Gasteiger partial charge in [0.05, 0.1) is 12.3 Å². The van der Waals surface area contributed by atoms with Crippen LogP contribution < -0.4 is 4.74 Å². The second kappa shape index (κ2) is 10.3. The van der Waals surface area contributed by atoms with Gasteiger partial charge in [0.15, 0.2) is 0 Å². The fourth-order valence-corrected chi connectivity index (χ4v) is 2.91. The van der Waals surface area contributed by atoms with Gasteiger partial charge in [-0.05, 0) is 42.8 Å². The lowest BCUT2D eigenvalue weighted by Gasteiger charge is -2.33. The van der Waals surface area contributed by atoms with Gasteiger partial charge in [0.1, 0.15) is 12.4 Å². The minimum absolute atomic E-state index is 0.0658. The number of benzene rings is 1. The van der Waals surface area contributed by atoms with Gasteiger partial charge in [-0.3, -0.25) is 9.78 Å². The van der Waals surface area contributed by atoms with E-state index < -0.39 is 0 Å². The van der Waals surface area contributed by atoms with Crippen LogP contribution in [0.4, 0.5) is 4.79 Å². The van der Waals surface area contributed by atoms with Crippen molar-refractivity contribution in [2.24, 2.45) is 0 Å². The van der Waals surface area contributed by atoms with Gasteiger partial charge in [0.2, 0.25) is 5.91 Å². The van der Waals surface area contributed by atoms with Gasteiger partial charge in [0.25, 0.3) is 0 Å². The number of piperazine rings is 1. The molecule has 1 saturated heterocycles. The molecule has 0 N–H and O–H groups in total. The lowest BCUT2D eigenvalue weighted by atomic mass is 10.2. The third-order valence-electron chi connectivity index (χ3n) is 4.53. The normalized spacial score (nSPS) is 14.1. The Morgan fingerprint density at radius 3 is 2.41 bits per heavy atom. The Morgan fingerprint density at radius 1 is 1.03 bits per heavy atom. The van der Waals surface area contributed by atoms with Crippen molar-refractivity contribution in [3.05, 3.63) is 66.0 Å². The van der Waals surface area contributed by atoms with Crippen molar-refractivity contribution in [1.29, 1.82) is 0 Å². The van der Waals surface area contributed by atoms with Gasteiger partial charge >= 0.3 is 6.09 Å². The molecule has 2 aromatic rings. The van der Waals surface area contributed by atoms with E-state index in [2.05, 4.69) is 4.98 Å². The van der Waals surface area contributed by atoms with Crippen molar-refractivity contribution >= 4 is 18.1 Å². The van der Waals surface area contributed by atoms with Crippen molar-refractivity contribution in [1.82, 2.24) is 14.8 Å². The smallest absolute Gasteiger partial charge is 0.409 e. The molecule has 7 nitrogen and oxygen atoms in total. The van der Waals surface area contributed by atoms with Gasteiger partial charge in [0, 0.05) is 38.5 Å². The Balaban J connectivity index is 1.46. The van der Waals surface area contributed by atoms with Crippen LogP contribution in [-0.4, -0.2) is 59.6 Å². The largest absolute Gasteiger partial charge is 0.487 e. The molecule has 29 heavy (non-hydrogen) atoms. The van der Waals surface area contributed by atoms with Crippen LogP contribution in [0.15, 0.2) is 54.7 Å². The zero-order valence-electron chi connectivity index (χ0n) is 16.5. The molecule has 152 valence electrons. The average molecular weight is 395 g/mol. The predicted molar refractivity (Wildman–Crippen MR) is 109 cm³/mol. The summed E-state index contributed by atoms with van der Waals surface area (Å²) >= 11 is 0. The molecule has 0 bridgehead atoms. The Labute approximate surface area is 170 Å². The highest BCUT2D eigenvalue weighted by molar-refractivity contribution is 5.92. The third kappa shape index (κ3) is 6.07. The number of nitrogens with zero attached hydrogens (tertiary/aromatic N) is 3. The van der Waals surface area contributed by atoms with Crippen LogP contribution >= 0.6 is 0 Å². The summed E-state index contributed by atoms with van der Waals surface area (Å²) in [7, 11) is 0. The van der Waals surface area contributed by atoms with E-state index in [4.69, 9.17) is 9.47 Å². The molecular weight excluding hydrogens is 370 g/mol. The first-order valence-electron chi connectivity index (χ1n) is 9.67. The highest BCUT2D eigenvalue weighted by atomic mass is 16.6. The summed E-state index contributed by atoms with van der Waals surface area (Å²) in [6.45, 7) is 4.52. The van der Waals surface area contributed by atoms with E-state index in [-0.39, 0.29) is 12.0 Å². The number of aromatic nitrogens is 1. The lowest BCUT2D eigenvalue weighted by Crippen LogP contribution is -2.50. The first-order chi connectivity index (χ1) is 14.2. The summed E-state index contributed by atoms with van der Waals surface area (Å²) in [6, 6.07) is 13.2. The Morgan fingerprint density at radius 2 is 1.76 bits per heavy atom. The number of hydrogen-bond donors (Lipinski definition) is 0. The number of ether oxygens (including phenoxy) is 2. The molecule has 0 spiro atoms. The highest BCUT2D eigenvalue weighted by Gasteiger charge is 2.23. The van der Waals surface area contributed by atoms with E-state index in [0.717, 1.165) is 17.0 Å². The van der Waals surface area contributed by atoms with Gasteiger partial charge in [-0.25, -0.2) is 4.79 Å². The molecule has 1 aliphatic rings. The molecule has 2 heterocycles. The van der Waals surface area contributed by atoms with E-state index in [0.29, 0.717) is 39.4 Å². The molecule has 0 radical (unpaired) electrons. The average Bonchev–Trinajstić information content (AvgIpc) is 2.78. The molecule has 1 aromatic heterocycles. The fraction of sp³-hybridized carbons (Fsp3) is 0.318. The van der Waals surface area contributed by atoms with Crippen LogP contribution in [0.1, 0.15) is 18.2 Å². The van der Waals surface area contributed by atoms with Crippen LogP contribution in [0, 0.1) is 0 Å². The maximum Gasteiger partial charge on any atom is 0.409 e. The highest BCUT2D eigenvalue weighted by Crippen LogP contribution is 2.15. The van der Waals surface area contributed by atoms with Crippen LogP contribution in [-0.2, 0) is 16.1 Å². The number of hydrogen-bond acceptors (Lipinski definition) is 5. The zero-order chi connectivity index (χ0) is 20.5. The maximum absolute atomic E-state index is 12.4. The molecule has 7 heteroatoms. The molecule has 1 fully saturated rings. The van der Waals surface area contributed by atoms with Crippen molar-refractivity contribution in [3.63, 3.8) is 0 Å². The summed E-state index contributed by atoms with van der Waals surface area (Å²) in [5, 5.41) is 0. The van der Waals surface area contributed by atoms with Crippen LogP contribution in [0.25, 0.3) is 6.08 Å². The number of carbonyl (C=O) groups excluding carboxylic acids is 2. The fourth-order valence-electron chi connectivity index (χ4n) is 2.91. The molecule has 0 unspecified atom stereocenters. The second-order valence-corrected chi connectivity index (χ2v) is 6.52. The van der Waals surface area contributed by atoms with E-state index in [1.54, 1.807) is 35.1 Å². The third-order valence-corrected chi connectivity index (χ3v) is 4.53. The minimum atomic E-state index is -0.319. The van der Waals surface area contributed by atoms with Crippen molar-refractivity contribution in [2.45, 2.75) is 13.5 Å². The number of amides is 2. The van der Waals surface area contributed by atoms with E-state index in [9.17, 15) is 9.59 Å². The summed E-state index contributed by atoms with van der Waals surface area (Å²) in [5.74, 6) is 0.679. The molecule has 0 atom stereocenters. The molecule has 0 aliphatic carbocycles. The van der Waals surface area contributed by atoms with Gasteiger partial charge in [-0.15, -0.1) is 0 Å². The summed E-state index contributed by atoms with van der Waals surface area (Å²) in [4.78, 5) is 31.7. The van der Waals surface area contributed by atoms with Crippen molar-refractivity contribution < 1.29 is 19.1 Å². The Bertz CT molecular complexity index is 829. The van der Waals surface area contributed by atoms with Crippen molar-refractivity contribution in [3.8, 4) is 5.75 Å². The monoisotopic (exact) mass is 395 g/mol.